The fourth-order valence-corrected chi connectivity index (χ4v) is 3.93. The first-order valence-corrected chi connectivity index (χ1v) is 16.1. The number of aliphatic carboxylic acids is 3. The molecule has 0 radical (unpaired) electrons. The maximum absolute atomic E-state index is 11.5. The predicted molar refractivity (Wildman–Crippen MR) is 162 cm³/mol. The first-order chi connectivity index (χ1) is 20.9. The van der Waals surface area contributed by atoms with Crippen LogP contribution in [0.5, 0.6) is 0 Å². The van der Waals surface area contributed by atoms with E-state index in [4.69, 9.17) is 14.2 Å². The van der Waals surface area contributed by atoms with E-state index in [0.717, 1.165) is 0 Å². The van der Waals surface area contributed by atoms with Gasteiger partial charge in [0.15, 0.2) is 0 Å². The molecule has 0 saturated carbocycles. The maximum atomic E-state index is 11.5. The molecule has 3 atom stereocenters. The minimum absolute atomic E-state index is 0. The average molecular weight is 735 g/mol. The Morgan fingerprint density at radius 1 is 0.457 bits per heavy atom. The van der Waals surface area contributed by atoms with Crippen LogP contribution in [0, 0.1) is 17.8 Å². The van der Waals surface area contributed by atoms with E-state index in [1.54, 1.807) is 41.5 Å². The summed E-state index contributed by atoms with van der Waals surface area (Å²) < 4.78 is 15.2. The Kier molecular flexibility index (Phi) is 34.8. The minimum atomic E-state index is -1.07. The molecule has 0 aliphatic rings. The quantitative estimate of drug-likeness (QED) is 0.124. The van der Waals surface area contributed by atoms with Crippen molar-refractivity contribution in [2.75, 3.05) is 0 Å². The van der Waals surface area contributed by atoms with E-state index in [1.165, 1.54) is 0 Å². The number of hydrogen-bond acceptors (Lipinski definition) is 12. The number of esters is 3. The van der Waals surface area contributed by atoms with Crippen LogP contribution in [0.15, 0.2) is 0 Å². The molecule has 13 heteroatoms. The number of carbonyl (C=O) groups is 6. The summed E-state index contributed by atoms with van der Waals surface area (Å²) >= 11 is 0. The van der Waals surface area contributed by atoms with Gasteiger partial charge in [-0.25, -0.2) is 0 Å². The summed E-state index contributed by atoms with van der Waals surface area (Å²) in [6, 6.07) is 0. The first-order valence-electron chi connectivity index (χ1n) is 16.1. The van der Waals surface area contributed by atoms with Gasteiger partial charge in [-0.1, -0.05) is 20.8 Å². The average Bonchev–Trinajstić information content (AvgIpc) is 2.90. The van der Waals surface area contributed by atoms with Crippen molar-refractivity contribution in [1.82, 2.24) is 0 Å². The zero-order chi connectivity index (χ0) is 35.5. The molecule has 46 heavy (non-hydrogen) atoms. The van der Waals surface area contributed by atoms with Crippen LogP contribution >= 0.6 is 0 Å². The molecule has 0 aromatic heterocycles. The number of carboxylic acids is 3. The Labute approximate surface area is 301 Å². The molecule has 0 spiro atoms. The van der Waals surface area contributed by atoms with Crippen molar-refractivity contribution in [3.05, 3.63) is 0 Å². The van der Waals surface area contributed by atoms with Gasteiger partial charge in [0.2, 0.25) is 0 Å². The summed E-state index contributed by atoms with van der Waals surface area (Å²) in [7, 11) is 0. The molecule has 0 fully saturated rings. The molecule has 264 valence electrons. The van der Waals surface area contributed by atoms with Crippen LogP contribution < -0.4 is 15.3 Å². The van der Waals surface area contributed by atoms with Crippen LogP contribution in [0.4, 0.5) is 0 Å². The molecule has 12 nitrogen and oxygen atoms in total. The normalized spacial score (nSPS) is 12.3. The zero-order valence-corrected chi connectivity index (χ0v) is 32.3. The fourth-order valence-electron chi connectivity index (χ4n) is 3.93. The van der Waals surface area contributed by atoms with E-state index in [2.05, 4.69) is 0 Å². The Balaban J connectivity index is -0.000000285. The largest absolute Gasteiger partial charge is 3.00 e. The molecule has 0 rings (SSSR count). The summed E-state index contributed by atoms with van der Waals surface area (Å²) in [6.45, 7) is 16.5. The summed E-state index contributed by atoms with van der Waals surface area (Å²) in [5, 5.41) is 30.6. The fraction of sp³-hybridized carbons (Fsp3) is 0.818. The van der Waals surface area contributed by atoms with Crippen LogP contribution in [-0.4, -0.2) is 54.1 Å². The Morgan fingerprint density at radius 3 is 0.783 bits per heavy atom. The molecule has 3 unspecified atom stereocenters. The van der Waals surface area contributed by atoms with Crippen molar-refractivity contribution in [2.45, 2.75) is 158 Å². The van der Waals surface area contributed by atoms with Gasteiger partial charge in [-0.05, 0) is 119 Å². The monoisotopic (exact) mass is 734 g/mol. The number of carboxylic acid groups (broad SMARTS) is 3. The molecule has 0 N–H and O–H groups in total. The van der Waals surface area contributed by atoms with Gasteiger partial charge in [0.05, 0.1) is 36.1 Å². The minimum Gasteiger partial charge on any atom is -0.550 e. The van der Waals surface area contributed by atoms with Crippen molar-refractivity contribution in [2.24, 2.45) is 17.8 Å². The van der Waals surface area contributed by atoms with E-state index < -0.39 is 17.9 Å². The van der Waals surface area contributed by atoms with Gasteiger partial charge in [0, 0.05) is 17.9 Å². The number of carbonyl (C=O) groups excluding carboxylic acids is 6. The van der Waals surface area contributed by atoms with E-state index >= 15 is 0 Å². The van der Waals surface area contributed by atoms with Crippen molar-refractivity contribution in [1.29, 1.82) is 0 Å². The standard InChI is InChI=1S/3C11H20O4.Y/c3*1-4-9(6-5-7-10(12)13)11(14)15-8(2)3;/h3*8-9H,4-7H2,1-3H3,(H,12,13);/q;;;+3/p-3. The van der Waals surface area contributed by atoms with Crippen LogP contribution in [0.1, 0.15) is 139 Å². The molecule has 0 aliphatic carbocycles. The van der Waals surface area contributed by atoms with Crippen LogP contribution in [0.2, 0.25) is 0 Å². The molecule has 0 heterocycles. The molecule has 0 aromatic rings. The predicted octanol–water partition coefficient (Wildman–Crippen LogP) is 2.65. The summed E-state index contributed by atoms with van der Waals surface area (Å²) in [4.78, 5) is 65.0. The number of ether oxygens (including phenoxy) is 3. The molecule has 0 amide bonds. The van der Waals surface area contributed by atoms with Gasteiger partial charge in [-0.15, -0.1) is 0 Å². The molecule has 0 bridgehead atoms. The molecular weight excluding hydrogens is 677 g/mol. The third-order valence-corrected chi connectivity index (χ3v) is 6.33. The van der Waals surface area contributed by atoms with Crippen LogP contribution in [-0.2, 0) is 75.7 Å². The second-order valence-electron chi connectivity index (χ2n) is 11.6. The second kappa shape index (κ2) is 31.5. The third-order valence-electron chi connectivity index (χ3n) is 6.33. The van der Waals surface area contributed by atoms with Gasteiger partial charge in [-0.2, -0.15) is 0 Å². The maximum Gasteiger partial charge on any atom is 3.00 e. The van der Waals surface area contributed by atoms with Crippen LogP contribution in [0.25, 0.3) is 0 Å². The van der Waals surface area contributed by atoms with Crippen molar-refractivity contribution >= 4 is 35.8 Å². The van der Waals surface area contributed by atoms with E-state index in [1.807, 2.05) is 20.8 Å². The van der Waals surface area contributed by atoms with Crippen molar-refractivity contribution < 1.29 is 91.0 Å². The van der Waals surface area contributed by atoms with Crippen molar-refractivity contribution in [3.63, 3.8) is 0 Å². The SMILES string of the molecule is CCC(CCCC(=O)[O-])C(=O)OC(C)C.CCC(CCCC(=O)[O-])C(=O)OC(C)C.CCC(CCCC(=O)[O-])C(=O)OC(C)C.[Y+3]. The Hall–Kier alpha value is -2.08. The smallest absolute Gasteiger partial charge is 0.550 e. The summed E-state index contributed by atoms with van der Waals surface area (Å²) in [5.41, 5.74) is 0. The Bertz CT molecular complexity index is 748. The van der Waals surface area contributed by atoms with E-state index in [0.29, 0.717) is 57.8 Å². The van der Waals surface area contributed by atoms with E-state index in [9.17, 15) is 44.1 Å². The van der Waals surface area contributed by atoms with Gasteiger partial charge in [0.1, 0.15) is 0 Å². The van der Waals surface area contributed by atoms with Crippen LogP contribution in [0.3, 0.4) is 0 Å². The third kappa shape index (κ3) is 33.3. The zero-order valence-electron chi connectivity index (χ0n) is 29.4. The summed E-state index contributed by atoms with van der Waals surface area (Å²) in [5.74, 6) is -4.46. The molecule has 0 aliphatic heterocycles. The number of hydrogen-bond donors (Lipinski definition) is 0. The molecule has 0 saturated heterocycles. The van der Waals surface area contributed by atoms with Gasteiger partial charge >= 0.3 is 50.6 Å². The van der Waals surface area contributed by atoms with E-state index in [-0.39, 0.29) is 106 Å². The topological polar surface area (TPSA) is 199 Å². The van der Waals surface area contributed by atoms with Gasteiger partial charge in [-0.3, -0.25) is 14.4 Å². The molecule has 0 aromatic carbocycles. The second-order valence-corrected chi connectivity index (χ2v) is 11.6. The molecular formula is C33H57O12Y. The van der Waals surface area contributed by atoms with Gasteiger partial charge in [0.25, 0.3) is 0 Å². The number of rotatable bonds is 21. The van der Waals surface area contributed by atoms with Gasteiger partial charge < -0.3 is 43.9 Å². The van der Waals surface area contributed by atoms with Crippen molar-refractivity contribution in [3.8, 4) is 0 Å². The summed E-state index contributed by atoms with van der Waals surface area (Å²) in [6.07, 6.45) is 4.75. The Morgan fingerprint density at radius 2 is 0.652 bits per heavy atom. The first kappa shape index (κ1) is 50.8.